The van der Waals surface area contributed by atoms with E-state index in [2.05, 4.69) is 57.5 Å². The van der Waals surface area contributed by atoms with Gasteiger partial charge in [-0.05, 0) is 0 Å². The molecule has 2 rings (SSSR count). The SMILES string of the molecule is CCOC(=O)C=C(C)C#C[Se]c1cc2c(cc1C)C(C)(C)CCC2(C)C. The van der Waals surface area contributed by atoms with Gasteiger partial charge >= 0.3 is 165 Å². The van der Waals surface area contributed by atoms with Gasteiger partial charge in [-0.15, -0.1) is 0 Å². The van der Waals surface area contributed by atoms with Crippen LogP contribution in [0.4, 0.5) is 0 Å². The molecule has 3 heteroatoms. The van der Waals surface area contributed by atoms with Crippen molar-refractivity contribution in [2.45, 2.75) is 72.1 Å². The molecule has 26 heavy (non-hydrogen) atoms. The van der Waals surface area contributed by atoms with Gasteiger partial charge in [-0.1, -0.05) is 0 Å². The zero-order valence-electron chi connectivity index (χ0n) is 17.1. The fourth-order valence-electron chi connectivity index (χ4n) is 3.37. The van der Waals surface area contributed by atoms with Gasteiger partial charge in [0.25, 0.3) is 0 Å². The molecule has 1 aromatic rings. The van der Waals surface area contributed by atoms with Crippen LogP contribution in [0.5, 0.6) is 0 Å². The van der Waals surface area contributed by atoms with E-state index in [1.54, 1.807) is 6.92 Å². The minimum absolute atomic E-state index is 0.0700. The summed E-state index contributed by atoms with van der Waals surface area (Å²) < 4.78 is 6.27. The summed E-state index contributed by atoms with van der Waals surface area (Å²) in [5.74, 6) is 2.78. The summed E-state index contributed by atoms with van der Waals surface area (Å²) in [4.78, 5) is 14.8. The summed E-state index contributed by atoms with van der Waals surface area (Å²) in [6, 6.07) is 4.78. The van der Waals surface area contributed by atoms with Crippen LogP contribution in [0.15, 0.2) is 23.8 Å². The molecule has 1 aliphatic rings. The van der Waals surface area contributed by atoms with E-state index in [9.17, 15) is 4.79 Å². The molecular formula is C23H30O2Se. The molecule has 0 aromatic heterocycles. The first-order chi connectivity index (χ1) is 12.1. The van der Waals surface area contributed by atoms with Gasteiger partial charge in [0.2, 0.25) is 0 Å². The predicted octanol–water partition coefficient (Wildman–Crippen LogP) is 4.14. The third-order valence-electron chi connectivity index (χ3n) is 5.18. The summed E-state index contributed by atoms with van der Waals surface area (Å²) in [7, 11) is 0. The molecule has 0 spiro atoms. The number of benzene rings is 1. The van der Waals surface area contributed by atoms with Gasteiger partial charge in [-0.25, -0.2) is 0 Å². The fourth-order valence-corrected chi connectivity index (χ4v) is 4.88. The molecule has 0 heterocycles. The number of hydrogen-bond donors (Lipinski definition) is 0. The molecule has 2 nitrogen and oxygen atoms in total. The quantitative estimate of drug-likeness (QED) is 0.320. The molecule has 140 valence electrons. The first-order valence-corrected chi connectivity index (χ1v) is 11.0. The zero-order valence-corrected chi connectivity index (χ0v) is 18.8. The second-order valence-electron chi connectivity index (χ2n) is 8.34. The molecule has 0 saturated heterocycles. The molecule has 0 fully saturated rings. The Morgan fingerprint density at radius 2 is 1.77 bits per heavy atom. The summed E-state index contributed by atoms with van der Waals surface area (Å²) in [6.45, 7) is 15.7. The van der Waals surface area contributed by atoms with Gasteiger partial charge in [0.15, 0.2) is 0 Å². The number of carbonyl (C=O) groups excluding carboxylic acids is 1. The fraction of sp³-hybridized carbons (Fsp3) is 0.522. The molecule has 0 radical (unpaired) electrons. The van der Waals surface area contributed by atoms with Crippen molar-refractivity contribution >= 4 is 25.4 Å². The Bertz CT molecular complexity index is 788. The molecule has 0 unspecified atom stereocenters. The number of carbonyl (C=O) groups is 1. The normalized spacial score (nSPS) is 17.7. The van der Waals surface area contributed by atoms with Gasteiger partial charge in [0.1, 0.15) is 0 Å². The molecule has 1 aliphatic carbocycles. The molecule has 0 aliphatic heterocycles. The van der Waals surface area contributed by atoms with Crippen LogP contribution in [-0.2, 0) is 20.4 Å². The second-order valence-corrected chi connectivity index (χ2v) is 10.1. The molecule has 0 atom stereocenters. The standard InChI is InChI=1S/C23H30O2Se/c1-8-25-21(24)13-16(2)9-12-26-20-15-19-18(14-17(20)3)22(4,5)10-11-23(19,6)7/h13-15H,8,10-11H2,1-7H3. The van der Waals surface area contributed by atoms with E-state index in [1.807, 2.05) is 6.92 Å². The minimum atomic E-state index is -0.319. The van der Waals surface area contributed by atoms with Crippen LogP contribution >= 0.6 is 0 Å². The van der Waals surface area contributed by atoms with Crippen LogP contribution < -0.4 is 4.46 Å². The van der Waals surface area contributed by atoms with E-state index in [1.165, 1.54) is 40.1 Å². The van der Waals surface area contributed by atoms with Crippen LogP contribution in [0.3, 0.4) is 0 Å². The Hall–Kier alpha value is -1.49. The van der Waals surface area contributed by atoms with E-state index in [0.717, 1.165) is 5.57 Å². The Kier molecular flexibility index (Phi) is 6.43. The average molecular weight is 417 g/mol. The van der Waals surface area contributed by atoms with Crippen LogP contribution in [0.25, 0.3) is 0 Å². The molecule has 1 aromatic carbocycles. The molecule has 0 saturated carbocycles. The van der Waals surface area contributed by atoms with Crippen LogP contribution in [0, 0.1) is 17.7 Å². The molecule has 0 bridgehead atoms. The van der Waals surface area contributed by atoms with Crippen LogP contribution in [0.2, 0.25) is 0 Å². The van der Waals surface area contributed by atoms with Crippen molar-refractivity contribution in [1.29, 1.82) is 0 Å². The monoisotopic (exact) mass is 418 g/mol. The number of aryl methyl sites for hydroxylation is 1. The Morgan fingerprint density at radius 1 is 1.19 bits per heavy atom. The van der Waals surface area contributed by atoms with Gasteiger partial charge in [-0.2, -0.15) is 0 Å². The molecule has 0 amide bonds. The van der Waals surface area contributed by atoms with Crippen molar-refractivity contribution < 1.29 is 9.53 Å². The van der Waals surface area contributed by atoms with E-state index >= 15 is 0 Å². The maximum absolute atomic E-state index is 11.5. The summed E-state index contributed by atoms with van der Waals surface area (Å²) in [6.07, 6.45) is 3.92. The third-order valence-corrected chi connectivity index (χ3v) is 6.99. The molecule has 0 N–H and O–H groups in total. The van der Waals surface area contributed by atoms with Crippen molar-refractivity contribution in [3.05, 3.63) is 40.5 Å². The number of esters is 1. The summed E-state index contributed by atoms with van der Waals surface area (Å²) >= 11 is 0.0700. The van der Waals surface area contributed by atoms with Gasteiger partial charge in [-0.3, -0.25) is 0 Å². The van der Waals surface area contributed by atoms with Crippen LogP contribution in [-0.4, -0.2) is 27.5 Å². The number of allylic oxidation sites excluding steroid dienone is 1. The zero-order chi connectivity index (χ0) is 19.5. The van der Waals surface area contributed by atoms with E-state index in [-0.39, 0.29) is 31.8 Å². The van der Waals surface area contributed by atoms with Crippen LogP contribution in [0.1, 0.15) is 71.1 Å². The van der Waals surface area contributed by atoms with Crippen molar-refractivity contribution in [2.75, 3.05) is 6.61 Å². The number of ether oxygens (including phenoxy) is 1. The van der Waals surface area contributed by atoms with E-state index < -0.39 is 0 Å². The van der Waals surface area contributed by atoms with Gasteiger partial charge < -0.3 is 0 Å². The van der Waals surface area contributed by atoms with E-state index in [4.69, 9.17) is 4.74 Å². The first-order valence-electron chi connectivity index (χ1n) is 9.25. The Morgan fingerprint density at radius 3 is 2.35 bits per heavy atom. The van der Waals surface area contributed by atoms with Crippen molar-refractivity contribution in [3.8, 4) is 10.7 Å². The topological polar surface area (TPSA) is 26.3 Å². The average Bonchev–Trinajstić information content (AvgIpc) is 2.53. The van der Waals surface area contributed by atoms with Crippen molar-refractivity contribution in [1.82, 2.24) is 0 Å². The maximum atomic E-state index is 11.5. The number of hydrogen-bond acceptors (Lipinski definition) is 2. The predicted molar refractivity (Wildman–Crippen MR) is 110 cm³/mol. The van der Waals surface area contributed by atoms with Gasteiger partial charge in [0.05, 0.1) is 0 Å². The third kappa shape index (κ3) is 4.81. The second kappa shape index (κ2) is 8.03. The first kappa shape index (κ1) is 20.8. The summed E-state index contributed by atoms with van der Waals surface area (Å²) in [5.41, 5.74) is 5.52. The Labute approximate surface area is 164 Å². The van der Waals surface area contributed by atoms with Crippen molar-refractivity contribution in [3.63, 3.8) is 0 Å². The Balaban J connectivity index is 2.28. The summed E-state index contributed by atoms with van der Waals surface area (Å²) in [5, 5.41) is 0. The van der Waals surface area contributed by atoms with E-state index in [0.29, 0.717) is 6.61 Å². The van der Waals surface area contributed by atoms with Gasteiger partial charge in [0, 0.05) is 0 Å². The molecular weight excluding hydrogens is 387 g/mol. The number of rotatable bonds is 3. The van der Waals surface area contributed by atoms with Crippen molar-refractivity contribution in [2.24, 2.45) is 0 Å². The number of fused-ring (bicyclic) bond motifs is 1.